The molecule has 0 aliphatic rings. The molecule has 1 aromatic carbocycles. The molecule has 0 N–H and O–H groups in total. The molecule has 3 aromatic rings. The van der Waals surface area contributed by atoms with Gasteiger partial charge in [-0.15, -0.1) is 0 Å². The molecular weight excluding hydrogens is 395 g/mol. The zero-order valence-corrected chi connectivity index (χ0v) is 14.6. The maximum absolute atomic E-state index is 12.7. The third-order valence-corrected chi connectivity index (χ3v) is 4.83. The van der Waals surface area contributed by atoms with Gasteiger partial charge in [-0.25, -0.2) is 14.3 Å². The Morgan fingerprint density at radius 1 is 1.09 bits per heavy atom. The fourth-order valence-corrected chi connectivity index (χ4v) is 2.85. The van der Waals surface area contributed by atoms with Gasteiger partial charge in [-0.1, -0.05) is 23.2 Å². The van der Waals surface area contributed by atoms with Crippen LogP contribution in [0, 0.1) is 0 Å². The highest BCUT2D eigenvalue weighted by atomic mass is 79.9. The van der Waals surface area contributed by atoms with Crippen LogP contribution in [0.3, 0.4) is 0 Å². The minimum absolute atomic E-state index is 0.263. The lowest BCUT2D eigenvalue weighted by Gasteiger charge is -2.09. The van der Waals surface area contributed by atoms with E-state index in [0.717, 1.165) is 4.57 Å². The number of nitrogens with zero attached hydrogens (tertiary/aromatic N) is 4. The Morgan fingerprint density at radius 2 is 1.77 bits per heavy atom. The lowest BCUT2D eigenvalue weighted by atomic mass is 10.3. The number of halogens is 3. The summed E-state index contributed by atoms with van der Waals surface area (Å²) >= 11 is 15.1. The maximum Gasteiger partial charge on any atom is 0.337 e. The van der Waals surface area contributed by atoms with E-state index in [4.69, 9.17) is 23.2 Å². The second-order valence-corrected chi connectivity index (χ2v) is 6.22. The van der Waals surface area contributed by atoms with E-state index >= 15 is 0 Å². The Bertz CT molecular complexity index is 1040. The molecule has 6 nitrogen and oxygen atoms in total. The summed E-state index contributed by atoms with van der Waals surface area (Å²) in [5.41, 5.74) is -0.0290. The number of rotatable bonds is 1. The molecule has 0 atom stereocenters. The molecule has 0 aliphatic carbocycles. The summed E-state index contributed by atoms with van der Waals surface area (Å²) in [6, 6.07) is 4.58. The molecule has 22 heavy (non-hydrogen) atoms. The van der Waals surface area contributed by atoms with Crippen LogP contribution in [0.15, 0.2) is 32.5 Å². The van der Waals surface area contributed by atoms with E-state index in [-0.39, 0.29) is 5.02 Å². The fourth-order valence-electron chi connectivity index (χ4n) is 2.22. The van der Waals surface area contributed by atoms with Gasteiger partial charge < -0.3 is 4.57 Å². The average molecular weight is 404 g/mol. The fraction of sp³-hybridized carbons (Fsp3) is 0.154. The molecule has 114 valence electrons. The van der Waals surface area contributed by atoms with Gasteiger partial charge >= 0.3 is 5.69 Å². The molecule has 2 heterocycles. The molecule has 0 saturated carbocycles. The van der Waals surface area contributed by atoms with Crippen LogP contribution < -0.4 is 11.2 Å². The maximum atomic E-state index is 12.7. The van der Waals surface area contributed by atoms with Crippen molar-refractivity contribution in [3.05, 3.63) is 53.8 Å². The minimum atomic E-state index is -0.513. The average Bonchev–Trinajstić information content (AvgIpc) is 2.77. The van der Waals surface area contributed by atoms with Gasteiger partial charge in [0.2, 0.25) is 0 Å². The zero-order valence-electron chi connectivity index (χ0n) is 11.5. The van der Waals surface area contributed by atoms with Gasteiger partial charge in [0.1, 0.15) is 0 Å². The van der Waals surface area contributed by atoms with Crippen molar-refractivity contribution in [3.63, 3.8) is 0 Å². The van der Waals surface area contributed by atoms with Crippen molar-refractivity contribution in [1.29, 1.82) is 0 Å². The van der Waals surface area contributed by atoms with Gasteiger partial charge in [-0.05, 0) is 34.1 Å². The van der Waals surface area contributed by atoms with Crippen LogP contribution in [-0.4, -0.2) is 18.7 Å². The van der Waals surface area contributed by atoms with E-state index in [2.05, 4.69) is 20.9 Å². The first-order valence-corrected chi connectivity index (χ1v) is 7.67. The summed E-state index contributed by atoms with van der Waals surface area (Å²) in [6.45, 7) is 0. The summed E-state index contributed by atoms with van der Waals surface area (Å²) in [5.74, 6) is 0. The molecule has 0 unspecified atom stereocenters. The molecular formula is C13H9BrCl2N4O2. The summed E-state index contributed by atoms with van der Waals surface area (Å²) in [4.78, 5) is 29.4. The highest BCUT2D eigenvalue weighted by molar-refractivity contribution is 9.10. The molecule has 0 fully saturated rings. The molecule has 0 bridgehead atoms. The van der Waals surface area contributed by atoms with Crippen molar-refractivity contribution in [2.75, 3.05) is 0 Å². The highest BCUT2D eigenvalue weighted by Gasteiger charge is 2.18. The zero-order chi connectivity index (χ0) is 16.2. The van der Waals surface area contributed by atoms with E-state index in [0.29, 0.717) is 26.6 Å². The lowest BCUT2D eigenvalue weighted by Crippen LogP contribution is -2.38. The molecule has 0 aliphatic heterocycles. The van der Waals surface area contributed by atoms with Crippen molar-refractivity contribution >= 4 is 50.3 Å². The second kappa shape index (κ2) is 5.26. The van der Waals surface area contributed by atoms with Crippen molar-refractivity contribution in [3.8, 4) is 5.69 Å². The van der Waals surface area contributed by atoms with Crippen LogP contribution in [0.1, 0.15) is 0 Å². The summed E-state index contributed by atoms with van der Waals surface area (Å²) in [7, 11) is 3.24. The molecule has 3 rings (SSSR count). The molecule has 0 amide bonds. The number of hydrogen-bond donors (Lipinski definition) is 0. The Labute approximate surface area is 142 Å². The molecule has 9 heteroatoms. The minimum Gasteiger partial charge on any atom is -0.316 e. The summed E-state index contributed by atoms with van der Waals surface area (Å²) in [5, 5.41) is 0.610. The monoisotopic (exact) mass is 402 g/mol. The Kier molecular flexibility index (Phi) is 3.66. The predicted molar refractivity (Wildman–Crippen MR) is 89.3 cm³/mol. The van der Waals surface area contributed by atoms with Crippen LogP contribution in [0.5, 0.6) is 0 Å². The number of hydrogen-bond acceptors (Lipinski definition) is 3. The Morgan fingerprint density at radius 3 is 2.41 bits per heavy atom. The summed E-state index contributed by atoms with van der Waals surface area (Å²) in [6.07, 6.45) is 0. The van der Waals surface area contributed by atoms with Crippen LogP contribution in [0.4, 0.5) is 0 Å². The third-order valence-electron chi connectivity index (χ3n) is 3.39. The van der Waals surface area contributed by atoms with Gasteiger partial charge in [0.15, 0.2) is 15.9 Å². The molecule has 0 radical (unpaired) electrons. The normalized spacial score (nSPS) is 11.3. The van der Waals surface area contributed by atoms with Crippen molar-refractivity contribution in [2.24, 2.45) is 14.1 Å². The number of benzene rings is 1. The first-order valence-electron chi connectivity index (χ1n) is 6.12. The third kappa shape index (κ3) is 2.12. The first-order chi connectivity index (χ1) is 10.3. The highest BCUT2D eigenvalue weighted by Crippen LogP contribution is 2.23. The molecule has 0 spiro atoms. The topological polar surface area (TPSA) is 61.8 Å². The van der Waals surface area contributed by atoms with E-state index < -0.39 is 11.2 Å². The number of fused-ring (bicyclic) bond motifs is 1. The van der Waals surface area contributed by atoms with E-state index in [9.17, 15) is 9.59 Å². The Balaban J connectivity index is 2.49. The Hall–Kier alpha value is -1.57. The SMILES string of the molecule is Cn1c(Br)nc2c1c(=O)n(-c1ccc(Cl)c(Cl)c1)c(=O)n2C. The smallest absolute Gasteiger partial charge is 0.316 e. The van der Waals surface area contributed by atoms with Gasteiger partial charge in [0.05, 0.1) is 15.7 Å². The van der Waals surface area contributed by atoms with Gasteiger partial charge in [0, 0.05) is 14.1 Å². The second-order valence-electron chi connectivity index (χ2n) is 4.69. The van der Waals surface area contributed by atoms with Crippen LogP contribution in [-0.2, 0) is 14.1 Å². The number of aryl methyl sites for hydroxylation is 2. The predicted octanol–water partition coefficient (Wildman–Crippen LogP) is 2.49. The van der Waals surface area contributed by atoms with Gasteiger partial charge in [-0.3, -0.25) is 9.36 Å². The van der Waals surface area contributed by atoms with Crippen LogP contribution in [0.25, 0.3) is 16.9 Å². The number of imidazole rings is 1. The number of aromatic nitrogens is 4. The molecule has 2 aromatic heterocycles. The van der Waals surface area contributed by atoms with E-state index in [1.807, 2.05) is 0 Å². The van der Waals surface area contributed by atoms with Gasteiger partial charge in [0.25, 0.3) is 5.56 Å². The first kappa shape index (κ1) is 15.3. The lowest BCUT2D eigenvalue weighted by molar-refractivity contribution is 0.763. The summed E-state index contributed by atoms with van der Waals surface area (Å²) < 4.78 is 4.38. The van der Waals surface area contributed by atoms with Crippen molar-refractivity contribution in [2.45, 2.75) is 0 Å². The van der Waals surface area contributed by atoms with E-state index in [1.165, 1.54) is 16.7 Å². The van der Waals surface area contributed by atoms with Crippen LogP contribution in [0.2, 0.25) is 10.0 Å². The van der Waals surface area contributed by atoms with Crippen molar-refractivity contribution in [1.82, 2.24) is 18.7 Å². The molecule has 0 saturated heterocycles. The largest absolute Gasteiger partial charge is 0.337 e. The standard InChI is InChI=1S/C13H9BrCl2N4O2/c1-18-9-10(17-12(18)14)19(2)13(22)20(11(9)21)6-3-4-7(15)8(16)5-6/h3-5H,1-2H3. The quantitative estimate of drug-likeness (QED) is 0.586. The van der Waals surface area contributed by atoms with Crippen LogP contribution >= 0.6 is 39.1 Å². The van der Waals surface area contributed by atoms with E-state index in [1.54, 1.807) is 24.7 Å². The van der Waals surface area contributed by atoms with Gasteiger partial charge in [-0.2, -0.15) is 0 Å². The van der Waals surface area contributed by atoms with Crippen molar-refractivity contribution < 1.29 is 0 Å².